The summed E-state index contributed by atoms with van der Waals surface area (Å²) in [5.41, 5.74) is 5.54. The minimum absolute atomic E-state index is 0.00528. The molecule has 0 aliphatic rings. The molecule has 1 nitrogen and oxygen atoms in total. The van der Waals surface area contributed by atoms with Gasteiger partial charge in [0.1, 0.15) is 0 Å². The van der Waals surface area contributed by atoms with Crippen molar-refractivity contribution in [2.45, 2.75) is 27.7 Å². The van der Waals surface area contributed by atoms with Gasteiger partial charge in [-0.1, -0.05) is 29.3 Å². The van der Waals surface area contributed by atoms with E-state index in [1.54, 1.807) is 0 Å². The highest BCUT2D eigenvalue weighted by Gasteiger charge is 2.16. The zero-order chi connectivity index (χ0) is 14.2. The molecular weight excluding hydrogens is 256 g/mol. The Labute approximate surface area is 119 Å². The number of carbonyl (C=O) groups excluding carboxylic acids is 1. The molecule has 0 atom stereocenters. The molecule has 0 aliphatic carbocycles. The number of ketones is 1. The number of rotatable bonds is 2. The molecule has 2 rings (SSSR count). The van der Waals surface area contributed by atoms with Crippen molar-refractivity contribution >= 4 is 17.4 Å². The Hall–Kier alpha value is -1.60. The minimum Gasteiger partial charge on any atom is -0.289 e. The van der Waals surface area contributed by atoms with E-state index in [-0.39, 0.29) is 5.78 Å². The molecule has 2 aromatic rings. The van der Waals surface area contributed by atoms with Crippen LogP contribution in [0.15, 0.2) is 30.3 Å². The maximum atomic E-state index is 12.6. The van der Waals surface area contributed by atoms with E-state index in [4.69, 9.17) is 11.6 Å². The molecule has 0 saturated heterocycles. The summed E-state index contributed by atoms with van der Waals surface area (Å²) < 4.78 is 0. The average Bonchev–Trinajstić information content (AvgIpc) is 2.36. The molecule has 0 aliphatic heterocycles. The fourth-order valence-corrected chi connectivity index (χ4v) is 2.38. The van der Waals surface area contributed by atoms with Crippen molar-refractivity contribution in [3.63, 3.8) is 0 Å². The molecule has 19 heavy (non-hydrogen) atoms. The van der Waals surface area contributed by atoms with E-state index in [2.05, 4.69) is 0 Å². The van der Waals surface area contributed by atoms with Gasteiger partial charge in [-0.15, -0.1) is 0 Å². The van der Waals surface area contributed by atoms with Crippen molar-refractivity contribution in [3.8, 4) is 0 Å². The third kappa shape index (κ3) is 2.71. The van der Waals surface area contributed by atoms with Crippen LogP contribution in [0.3, 0.4) is 0 Å². The molecular formula is C17H17ClO. The minimum atomic E-state index is -0.00528. The zero-order valence-corrected chi connectivity index (χ0v) is 12.4. The Kier molecular flexibility index (Phi) is 3.77. The number of benzene rings is 2. The van der Waals surface area contributed by atoms with E-state index < -0.39 is 0 Å². The SMILES string of the molecule is Cc1ccc(C)c(C(=O)c2cc(C)c(C)cc2Cl)c1. The highest BCUT2D eigenvalue weighted by molar-refractivity contribution is 6.35. The average molecular weight is 273 g/mol. The molecule has 0 bridgehead atoms. The van der Waals surface area contributed by atoms with Gasteiger partial charge in [-0.3, -0.25) is 4.79 Å². The van der Waals surface area contributed by atoms with Gasteiger partial charge in [0.15, 0.2) is 5.78 Å². The van der Waals surface area contributed by atoms with Crippen LogP contribution in [0.4, 0.5) is 0 Å². The van der Waals surface area contributed by atoms with Gasteiger partial charge in [-0.25, -0.2) is 0 Å². The summed E-state index contributed by atoms with van der Waals surface area (Å²) in [5.74, 6) is -0.00528. The van der Waals surface area contributed by atoms with Crippen molar-refractivity contribution in [2.75, 3.05) is 0 Å². The molecule has 98 valence electrons. The monoisotopic (exact) mass is 272 g/mol. The van der Waals surface area contributed by atoms with Crippen LogP contribution in [0.5, 0.6) is 0 Å². The molecule has 0 spiro atoms. The van der Waals surface area contributed by atoms with Crippen LogP contribution in [0.1, 0.15) is 38.2 Å². The van der Waals surface area contributed by atoms with Crippen LogP contribution >= 0.6 is 11.6 Å². The predicted molar refractivity (Wildman–Crippen MR) is 80.3 cm³/mol. The topological polar surface area (TPSA) is 17.1 Å². The first-order valence-corrected chi connectivity index (χ1v) is 6.66. The lowest BCUT2D eigenvalue weighted by atomic mass is 9.95. The first-order chi connectivity index (χ1) is 8.90. The van der Waals surface area contributed by atoms with Crippen LogP contribution < -0.4 is 0 Å². The van der Waals surface area contributed by atoms with E-state index in [1.165, 1.54) is 0 Å². The van der Waals surface area contributed by atoms with Gasteiger partial charge in [0, 0.05) is 11.1 Å². The third-order valence-electron chi connectivity index (χ3n) is 3.47. The molecule has 0 fully saturated rings. The molecule has 0 aromatic heterocycles. The number of hydrogen-bond donors (Lipinski definition) is 0. The van der Waals surface area contributed by atoms with Gasteiger partial charge in [0.2, 0.25) is 0 Å². The van der Waals surface area contributed by atoms with Crippen LogP contribution in [-0.2, 0) is 0 Å². The summed E-state index contributed by atoms with van der Waals surface area (Å²) in [5, 5.41) is 0.522. The Balaban J connectivity index is 2.56. The van der Waals surface area contributed by atoms with Crippen molar-refractivity contribution in [1.82, 2.24) is 0 Å². The number of carbonyl (C=O) groups is 1. The highest BCUT2D eigenvalue weighted by Crippen LogP contribution is 2.25. The second-order valence-electron chi connectivity index (χ2n) is 5.06. The fourth-order valence-electron chi connectivity index (χ4n) is 2.08. The van der Waals surface area contributed by atoms with Crippen LogP contribution in [-0.4, -0.2) is 5.78 Å². The third-order valence-corrected chi connectivity index (χ3v) is 3.78. The smallest absolute Gasteiger partial charge is 0.194 e. The molecule has 2 aromatic carbocycles. The van der Waals surface area contributed by atoms with E-state index in [9.17, 15) is 4.79 Å². The molecule has 0 radical (unpaired) electrons. The molecule has 2 heteroatoms. The summed E-state index contributed by atoms with van der Waals surface area (Å²) in [7, 11) is 0. The molecule has 0 heterocycles. The standard InChI is InChI=1S/C17H17ClO/c1-10-5-6-11(2)14(7-10)17(19)15-8-12(3)13(4)9-16(15)18/h5-9H,1-4H3. The summed E-state index contributed by atoms with van der Waals surface area (Å²) in [4.78, 5) is 12.6. The molecule has 0 unspecified atom stereocenters. The maximum Gasteiger partial charge on any atom is 0.194 e. The van der Waals surface area contributed by atoms with Gasteiger partial charge in [-0.05, 0) is 62.6 Å². The Bertz CT molecular complexity index is 657. The Morgan fingerprint density at radius 2 is 1.47 bits per heavy atom. The second kappa shape index (κ2) is 5.18. The van der Waals surface area contributed by atoms with Crippen LogP contribution in [0.2, 0.25) is 5.02 Å². The van der Waals surface area contributed by atoms with Crippen molar-refractivity contribution in [3.05, 3.63) is 68.7 Å². The van der Waals surface area contributed by atoms with Gasteiger partial charge < -0.3 is 0 Å². The molecule has 0 N–H and O–H groups in total. The molecule has 0 amide bonds. The van der Waals surface area contributed by atoms with E-state index in [1.807, 2.05) is 58.0 Å². The number of aryl methyl sites for hydroxylation is 4. The Morgan fingerprint density at radius 3 is 2.16 bits per heavy atom. The predicted octanol–water partition coefficient (Wildman–Crippen LogP) is 4.80. The lowest BCUT2D eigenvalue weighted by Gasteiger charge is -2.10. The van der Waals surface area contributed by atoms with Crippen molar-refractivity contribution in [1.29, 1.82) is 0 Å². The highest BCUT2D eigenvalue weighted by atomic mass is 35.5. The van der Waals surface area contributed by atoms with Gasteiger partial charge >= 0.3 is 0 Å². The van der Waals surface area contributed by atoms with E-state index >= 15 is 0 Å². The van der Waals surface area contributed by atoms with Gasteiger partial charge in [0.25, 0.3) is 0 Å². The zero-order valence-electron chi connectivity index (χ0n) is 11.7. The van der Waals surface area contributed by atoms with Crippen molar-refractivity contribution < 1.29 is 4.79 Å². The summed E-state index contributed by atoms with van der Waals surface area (Å²) >= 11 is 6.22. The number of hydrogen-bond acceptors (Lipinski definition) is 1. The fraction of sp³-hybridized carbons (Fsp3) is 0.235. The summed E-state index contributed by atoms with van der Waals surface area (Å²) in [6.45, 7) is 7.92. The second-order valence-corrected chi connectivity index (χ2v) is 5.47. The van der Waals surface area contributed by atoms with Crippen molar-refractivity contribution in [2.24, 2.45) is 0 Å². The molecule has 0 saturated carbocycles. The number of halogens is 1. The van der Waals surface area contributed by atoms with Crippen LogP contribution in [0.25, 0.3) is 0 Å². The first-order valence-electron chi connectivity index (χ1n) is 6.29. The normalized spacial score (nSPS) is 10.6. The first kappa shape index (κ1) is 13.8. The maximum absolute atomic E-state index is 12.6. The quantitative estimate of drug-likeness (QED) is 0.718. The lowest BCUT2D eigenvalue weighted by Crippen LogP contribution is -2.06. The summed E-state index contributed by atoms with van der Waals surface area (Å²) in [6, 6.07) is 9.63. The Morgan fingerprint density at radius 1 is 0.842 bits per heavy atom. The van der Waals surface area contributed by atoms with Gasteiger partial charge in [0.05, 0.1) is 5.02 Å². The van der Waals surface area contributed by atoms with E-state index in [0.29, 0.717) is 10.6 Å². The van der Waals surface area contributed by atoms with E-state index in [0.717, 1.165) is 27.8 Å². The van der Waals surface area contributed by atoms with Gasteiger partial charge in [-0.2, -0.15) is 0 Å². The largest absolute Gasteiger partial charge is 0.289 e. The lowest BCUT2D eigenvalue weighted by molar-refractivity contribution is 0.103. The summed E-state index contributed by atoms with van der Waals surface area (Å²) in [6.07, 6.45) is 0. The van der Waals surface area contributed by atoms with Crippen LogP contribution in [0, 0.1) is 27.7 Å².